The molecule has 0 heterocycles. The summed E-state index contributed by atoms with van der Waals surface area (Å²) in [5.41, 5.74) is -0.485. The molecule has 0 saturated heterocycles. The topological polar surface area (TPSA) is 144 Å². The Balaban J connectivity index is 2.43. The van der Waals surface area contributed by atoms with Crippen LogP contribution in [-0.2, 0) is 26.2 Å². The lowest BCUT2D eigenvalue weighted by Crippen LogP contribution is -2.60. The molecule has 0 fully saturated rings. The first-order chi connectivity index (χ1) is 15.1. The second-order valence-electron chi connectivity index (χ2n) is 7.43. The molecular formula is C23H26N3O5S-. The highest BCUT2D eigenvalue weighted by molar-refractivity contribution is 7.89. The number of nitrogens with two attached hydrogens (primary N) is 1. The van der Waals surface area contributed by atoms with Gasteiger partial charge < -0.3 is 14.8 Å². The third-order valence-corrected chi connectivity index (χ3v) is 6.31. The van der Waals surface area contributed by atoms with E-state index in [1.54, 1.807) is 48.5 Å². The van der Waals surface area contributed by atoms with E-state index < -0.39 is 27.4 Å². The number of unbranched alkanes of at least 4 members (excludes halogenated alkanes) is 1. The monoisotopic (exact) mass is 456 g/mol. The molecule has 1 atom stereocenters. The molecule has 0 aliphatic carbocycles. The van der Waals surface area contributed by atoms with Gasteiger partial charge >= 0.3 is 0 Å². The Hall–Kier alpha value is -3.22. The van der Waals surface area contributed by atoms with Crippen LogP contribution in [0.5, 0.6) is 0 Å². The summed E-state index contributed by atoms with van der Waals surface area (Å²) in [6.07, 6.45) is 1.31. The molecule has 170 valence electrons. The standard InChI is InChI=1S/C23H27N3O5S/c1-3-5-10-21(27)26(23(4-2,16-24)22(28)29)15-17-11-13-18(14-12-17)19-8-6-7-9-20(19)32(25,30)31/h6-9,11-14H,3-5,10,15H2,1-2H3,(H,28,29)(H2,25,30,31)/p-1. The van der Waals surface area contributed by atoms with Crippen LogP contribution in [0.1, 0.15) is 45.1 Å². The van der Waals surface area contributed by atoms with Crippen LogP contribution in [0.4, 0.5) is 0 Å². The maximum Gasteiger partial charge on any atom is 0.238 e. The number of aliphatic carboxylic acids is 1. The highest BCUT2D eigenvalue weighted by atomic mass is 32.2. The predicted octanol–water partition coefficient (Wildman–Crippen LogP) is 1.94. The molecule has 8 nitrogen and oxygen atoms in total. The molecule has 1 unspecified atom stereocenters. The van der Waals surface area contributed by atoms with Gasteiger partial charge in [0.25, 0.3) is 0 Å². The smallest absolute Gasteiger partial charge is 0.238 e. The van der Waals surface area contributed by atoms with Crippen LogP contribution < -0.4 is 10.2 Å². The summed E-state index contributed by atoms with van der Waals surface area (Å²) in [5, 5.41) is 26.8. The molecule has 0 aromatic heterocycles. The third-order valence-electron chi connectivity index (χ3n) is 5.34. The van der Waals surface area contributed by atoms with E-state index in [2.05, 4.69) is 0 Å². The second-order valence-corrected chi connectivity index (χ2v) is 8.96. The van der Waals surface area contributed by atoms with E-state index >= 15 is 0 Å². The fourth-order valence-electron chi connectivity index (χ4n) is 3.45. The van der Waals surface area contributed by atoms with Crippen molar-refractivity contribution >= 4 is 21.9 Å². The largest absolute Gasteiger partial charge is 0.546 e. The van der Waals surface area contributed by atoms with Crippen molar-refractivity contribution in [1.82, 2.24) is 4.90 Å². The van der Waals surface area contributed by atoms with Crippen LogP contribution in [0.15, 0.2) is 53.4 Å². The van der Waals surface area contributed by atoms with Gasteiger partial charge in [-0.3, -0.25) is 4.79 Å². The fourth-order valence-corrected chi connectivity index (χ4v) is 4.22. The quantitative estimate of drug-likeness (QED) is 0.578. The number of carbonyl (C=O) groups excluding carboxylic acids is 2. The van der Waals surface area contributed by atoms with Crippen LogP contribution in [-0.4, -0.2) is 30.7 Å². The van der Waals surface area contributed by atoms with Gasteiger partial charge in [0.05, 0.1) is 16.9 Å². The molecule has 2 aromatic carbocycles. The molecule has 1 amide bonds. The zero-order chi connectivity index (χ0) is 23.9. The lowest BCUT2D eigenvalue weighted by Gasteiger charge is -2.39. The average molecular weight is 457 g/mol. The molecule has 2 rings (SSSR count). The number of benzene rings is 2. The number of nitrogens with zero attached hydrogens (tertiary/aromatic N) is 2. The molecule has 2 aromatic rings. The highest BCUT2D eigenvalue weighted by Gasteiger charge is 2.40. The number of hydrogen-bond acceptors (Lipinski definition) is 6. The molecule has 0 aliphatic heterocycles. The third kappa shape index (κ3) is 5.33. The Kier molecular flexibility index (Phi) is 8.14. The van der Waals surface area contributed by atoms with E-state index in [9.17, 15) is 28.4 Å². The lowest BCUT2D eigenvalue weighted by atomic mass is 9.93. The normalized spacial score (nSPS) is 13.1. The highest BCUT2D eigenvalue weighted by Crippen LogP contribution is 2.28. The van der Waals surface area contributed by atoms with E-state index in [4.69, 9.17) is 5.14 Å². The van der Waals surface area contributed by atoms with E-state index in [1.807, 2.05) is 6.92 Å². The average Bonchev–Trinajstić information content (AvgIpc) is 2.77. The van der Waals surface area contributed by atoms with Crippen LogP contribution >= 0.6 is 0 Å². The predicted molar refractivity (Wildman–Crippen MR) is 117 cm³/mol. The number of nitriles is 1. The zero-order valence-electron chi connectivity index (χ0n) is 18.1. The van der Waals surface area contributed by atoms with Crippen molar-refractivity contribution in [3.05, 3.63) is 54.1 Å². The Morgan fingerprint density at radius 2 is 1.75 bits per heavy atom. The summed E-state index contributed by atoms with van der Waals surface area (Å²) < 4.78 is 23.8. The Morgan fingerprint density at radius 3 is 2.25 bits per heavy atom. The first-order valence-corrected chi connectivity index (χ1v) is 11.8. The van der Waals surface area contributed by atoms with E-state index in [0.717, 1.165) is 11.3 Å². The van der Waals surface area contributed by atoms with Crippen molar-refractivity contribution in [2.75, 3.05) is 0 Å². The Morgan fingerprint density at radius 1 is 1.12 bits per heavy atom. The fraction of sp³-hybridized carbons (Fsp3) is 0.348. The van der Waals surface area contributed by atoms with Gasteiger partial charge in [0, 0.05) is 18.5 Å². The molecule has 32 heavy (non-hydrogen) atoms. The van der Waals surface area contributed by atoms with Crippen molar-refractivity contribution in [3.8, 4) is 17.2 Å². The summed E-state index contributed by atoms with van der Waals surface area (Å²) in [6, 6.07) is 14.7. The summed E-state index contributed by atoms with van der Waals surface area (Å²) in [6.45, 7) is 3.33. The van der Waals surface area contributed by atoms with Gasteiger partial charge in [-0.15, -0.1) is 0 Å². The molecule has 2 N–H and O–H groups in total. The summed E-state index contributed by atoms with van der Waals surface area (Å²) >= 11 is 0. The van der Waals surface area contributed by atoms with Gasteiger partial charge in [0.1, 0.15) is 0 Å². The minimum atomic E-state index is -3.93. The second kappa shape index (κ2) is 10.4. The van der Waals surface area contributed by atoms with Crippen LogP contribution in [0.3, 0.4) is 0 Å². The summed E-state index contributed by atoms with van der Waals surface area (Å²) in [5.74, 6) is -2.06. The number of rotatable bonds is 10. The number of amides is 1. The van der Waals surface area contributed by atoms with Gasteiger partial charge in [-0.05, 0) is 30.0 Å². The molecular weight excluding hydrogens is 430 g/mol. The molecule has 9 heteroatoms. The van der Waals surface area contributed by atoms with Gasteiger partial charge in [0.2, 0.25) is 15.9 Å². The molecule has 0 saturated carbocycles. The SMILES string of the molecule is CCCCC(=O)N(Cc1ccc(-c2ccccc2S(N)(=O)=O)cc1)C(C#N)(CC)C(=O)[O-]. The van der Waals surface area contributed by atoms with Gasteiger partial charge in [-0.1, -0.05) is 62.7 Å². The first kappa shape index (κ1) is 25.0. The van der Waals surface area contributed by atoms with Crippen molar-refractivity contribution in [2.45, 2.75) is 56.5 Å². The van der Waals surface area contributed by atoms with Crippen molar-refractivity contribution < 1.29 is 23.1 Å². The maximum atomic E-state index is 12.8. The number of carbonyl (C=O) groups is 2. The number of carboxylic acid groups (broad SMARTS) is 1. The molecule has 0 spiro atoms. The number of primary sulfonamides is 1. The van der Waals surface area contributed by atoms with Crippen LogP contribution in [0.2, 0.25) is 0 Å². The number of sulfonamides is 1. The minimum absolute atomic E-state index is 0.0180. The van der Waals surface area contributed by atoms with E-state index in [-0.39, 0.29) is 24.3 Å². The Bertz CT molecular complexity index is 1120. The summed E-state index contributed by atoms with van der Waals surface area (Å²) in [4.78, 5) is 25.7. The summed E-state index contributed by atoms with van der Waals surface area (Å²) in [7, 11) is -3.93. The zero-order valence-corrected chi connectivity index (χ0v) is 18.9. The van der Waals surface area contributed by atoms with Gasteiger partial charge in [-0.25, -0.2) is 13.6 Å². The number of hydrogen-bond donors (Lipinski definition) is 1. The first-order valence-electron chi connectivity index (χ1n) is 10.2. The van der Waals surface area contributed by atoms with E-state index in [0.29, 0.717) is 23.1 Å². The molecule has 0 bridgehead atoms. The molecule has 0 radical (unpaired) electrons. The van der Waals surface area contributed by atoms with Gasteiger partial charge in [0.15, 0.2) is 5.54 Å². The van der Waals surface area contributed by atoms with Crippen molar-refractivity contribution in [3.63, 3.8) is 0 Å². The molecule has 0 aliphatic rings. The van der Waals surface area contributed by atoms with Gasteiger partial charge in [-0.2, -0.15) is 5.26 Å². The van der Waals surface area contributed by atoms with E-state index in [1.165, 1.54) is 13.0 Å². The number of carboxylic acids is 1. The minimum Gasteiger partial charge on any atom is -0.546 e. The van der Waals surface area contributed by atoms with Crippen molar-refractivity contribution in [2.24, 2.45) is 5.14 Å². The lowest BCUT2D eigenvalue weighted by molar-refractivity contribution is -0.316. The maximum absolute atomic E-state index is 12.8. The van der Waals surface area contributed by atoms with Crippen LogP contribution in [0, 0.1) is 11.3 Å². The van der Waals surface area contributed by atoms with Crippen LogP contribution in [0.25, 0.3) is 11.1 Å². The van der Waals surface area contributed by atoms with Crippen molar-refractivity contribution in [1.29, 1.82) is 5.26 Å². The Labute approximate surface area is 188 Å².